The van der Waals surface area contributed by atoms with E-state index < -0.39 is 33.0 Å². The average molecular weight is 579 g/mol. The zero-order chi connectivity index (χ0) is 27.7. The molecule has 4 heterocycles. The van der Waals surface area contributed by atoms with Crippen molar-refractivity contribution in [2.75, 3.05) is 42.2 Å². The highest BCUT2D eigenvalue weighted by Crippen LogP contribution is 2.31. The number of carbonyl (C=O) groups is 1. The van der Waals surface area contributed by atoms with Crippen molar-refractivity contribution in [1.29, 1.82) is 0 Å². The molecule has 2 saturated heterocycles. The Hall–Kier alpha value is -3.20. The van der Waals surface area contributed by atoms with E-state index in [2.05, 4.69) is 15.3 Å². The highest BCUT2D eigenvalue weighted by atomic mass is 32.2. The number of hydrogen-bond acceptors (Lipinski definition) is 10. The van der Waals surface area contributed by atoms with Crippen LogP contribution in [0.25, 0.3) is 0 Å². The van der Waals surface area contributed by atoms with Crippen molar-refractivity contribution < 1.29 is 27.1 Å². The van der Waals surface area contributed by atoms with Gasteiger partial charge in [0.1, 0.15) is 33.0 Å². The minimum Gasteiger partial charge on any atom is -0.394 e. The van der Waals surface area contributed by atoms with Crippen LogP contribution in [0.5, 0.6) is 0 Å². The van der Waals surface area contributed by atoms with Crippen LogP contribution < -0.4 is 16.0 Å². The molecule has 0 bridgehead atoms. The van der Waals surface area contributed by atoms with Gasteiger partial charge >= 0.3 is 0 Å². The number of hydrogen-bond donors (Lipinski definition) is 3. The van der Waals surface area contributed by atoms with Gasteiger partial charge in [0.25, 0.3) is 0 Å². The lowest BCUT2D eigenvalue weighted by atomic mass is 10.1. The Morgan fingerprint density at radius 1 is 1.13 bits per heavy atom. The molecule has 10 nitrogen and oxygen atoms in total. The number of ketones is 1. The largest absolute Gasteiger partial charge is 0.394 e. The number of nitrogens with zero attached hydrogens (tertiary/aromatic N) is 4. The third-order valence-corrected chi connectivity index (χ3v) is 9.95. The second-order valence-electron chi connectivity index (χ2n) is 9.51. The third-order valence-electron chi connectivity index (χ3n) is 7.07. The van der Waals surface area contributed by atoms with E-state index in [1.807, 2.05) is 4.90 Å². The van der Waals surface area contributed by atoms with Gasteiger partial charge in [0.05, 0.1) is 18.2 Å². The van der Waals surface area contributed by atoms with Gasteiger partial charge in [0.15, 0.2) is 5.13 Å². The number of halogens is 2. The number of pyridine rings is 1. The highest BCUT2D eigenvalue weighted by Gasteiger charge is 2.32. The number of nitrogen functional groups attached to an aromatic ring is 1. The number of nitrogens with one attached hydrogen (secondary N) is 1. The van der Waals surface area contributed by atoms with Gasteiger partial charge < -0.3 is 21.1 Å². The molecule has 0 amide bonds. The van der Waals surface area contributed by atoms with Gasteiger partial charge in [0.2, 0.25) is 15.8 Å². The van der Waals surface area contributed by atoms with E-state index >= 15 is 0 Å². The molecule has 2 fully saturated rings. The van der Waals surface area contributed by atoms with Gasteiger partial charge in [-0.05, 0) is 49.9 Å². The third kappa shape index (κ3) is 5.46. The van der Waals surface area contributed by atoms with Crippen LogP contribution in [-0.4, -0.2) is 71.9 Å². The summed E-state index contributed by atoms with van der Waals surface area (Å²) < 4.78 is 56.0. The van der Waals surface area contributed by atoms with Gasteiger partial charge in [-0.2, -0.15) is 4.31 Å². The molecule has 4 N–H and O–H groups in total. The Bertz CT molecular complexity index is 1440. The van der Waals surface area contributed by atoms with Crippen molar-refractivity contribution in [2.45, 2.75) is 42.7 Å². The number of anilines is 3. The van der Waals surface area contributed by atoms with Crippen LogP contribution in [0.2, 0.25) is 0 Å². The van der Waals surface area contributed by atoms with E-state index in [0.29, 0.717) is 23.8 Å². The second-order valence-corrected chi connectivity index (χ2v) is 12.4. The van der Waals surface area contributed by atoms with Crippen LogP contribution in [0, 0.1) is 11.6 Å². The zero-order valence-corrected chi connectivity index (χ0v) is 22.5. The molecular formula is C25H28F2N6O4S2. The number of carbonyl (C=O) groups excluding carboxylic acids is 1. The summed E-state index contributed by atoms with van der Waals surface area (Å²) in [6, 6.07) is 6.25. The summed E-state index contributed by atoms with van der Waals surface area (Å²) in [6.07, 6.45) is 4.13. The molecule has 1 unspecified atom stereocenters. The fraction of sp³-hybridized carbons (Fsp3) is 0.400. The van der Waals surface area contributed by atoms with Crippen molar-refractivity contribution in [3.05, 3.63) is 58.6 Å². The fourth-order valence-electron chi connectivity index (χ4n) is 4.97. The van der Waals surface area contributed by atoms with Crippen molar-refractivity contribution in [2.24, 2.45) is 0 Å². The Kier molecular flexibility index (Phi) is 7.80. The van der Waals surface area contributed by atoms with Crippen molar-refractivity contribution in [3.63, 3.8) is 0 Å². The lowest BCUT2D eigenvalue weighted by Crippen LogP contribution is -2.42. The topological polar surface area (TPSA) is 142 Å². The first-order valence-electron chi connectivity index (χ1n) is 12.5. The number of aromatic nitrogens is 2. The van der Waals surface area contributed by atoms with Crippen molar-refractivity contribution in [1.82, 2.24) is 14.3 Å². The molecule has 2 aliphatic rings. The van der Waals surface area contributed by atoms with Crippen LogP contribution in [0.3, 0.4) is 0 Å². The van der Waals surface area contributed by atoms with Gasteiger partial charge in [-0.3, -0.25) is 4.79 Å². The summed E-state index contributed by atoms with van der Waals surface area (Å²) in [5, 5.41) is 13.0. The monoisotopic (exact) mass is 578 g/mol. The van der Waals surface area contributed by atoms with Gasteiger partial charge in [0, 0.05) is 31.9 Å². The molecule has 0 aliphatic carbocycles. The molecule has 0 radical (unpaired) electrons. The molecule has 2 aliphatic heterocycles. The fourth-order valence-corrected chi connectivity index (χ4v) is 7.29. The van der Waals surface area contributed by atoms with Crippen molar-refractivity contribution in [3.8, 4) is 0 Å². The lowest BCUT2D eigenvalue weighted by molar-refractivity contribution is 0.103. The normalized spacial score (nSPS) is 18.9. The zero-order valence-electron chi connectivity index (χ0n) is 20.9. The quantitative estimate of drug-likeness (QED) is 0.344. The second kappa shape index (κ2) is 11.1. The summed E-state index contributed by atoms with van der Waals surface area (Å²) in [5.74, 6) is -2.33. The van der Waals surface area contributed by atoms with Gasteiger partial charge in [-0.25, -0.2) is 27.2 Å². The predicted octanol–water partition coefficient (Wildman–Crippen LogP) is 2.86. The Morgan fingerprint density at radius 3 is 2.49 bits per heavy atom. The Labute approximate surface area is 228 Å². The molecule has 0 saturated carbocycles. The molecule has 39 heavy (non-hydrogen) atoms. The highest BCUT2D eigenvalue weighted by molar-refractivity contribution is 7.89. The number of benzene rings is 1. The summed E-state index contributed by atoms with van der Waals surface area (Å²) in [4.78, 5) is 23.2. The van der Waals surface area contributed by atoms with Crippen LogP contribution in [-0.2, 0) is 10.0 Å². The molecule has 3 aromatic rings. The summed E-state index contributed by atoms with van der Waals surface area (Å²) in [7, 11) is -3.74. The molecule has 1 aromatic carbocycles. The minimum absolute atomic E-state index is 0.00505. The molecule has 1 atom stereocenters. The van der Waals surface area contributed by atoms with E-state index in [0.717, 1.165) is 42.9 Å². The summed E-state index contributed by atoms with van der Waals surface area (Å²) in [6.45, 7) is 1.31. The number of sulfonamides is 1. The van der Waals surface area contributed by atoms with Crippen LogP contribution >= 0.6 is 11.3 Å². The number of aliphatic hydroxyl groups excluding tert-OH is 1. The van der Waals surface area contributed by atoms with E-state index in [4.69, 9.17) is 5.73 Å². The molecular weight excluding hydrogens is 550 g/mol. The summed E-state index contributed by atoms with van der Waals surface area (Å²) in [5.41, 5.74) is 5.19. The van der Waals surface area contributed by atoms with Gasteiger partial charge in [-0.1, -0.05) is 17.4 Å². The maximum atomic E-state index is 14.1. The SMILES string of the molecule is Nc1nc(NC2CCN(S(=O)(=O)c3ccc(N4CCCC4CO)nc3)CC2)sc1C(=O)c1c(F)cccc1F. The number of nitrogens with two attached hydrogens (primary N) is 1. The van der Waals surface area contributed by atoms with E-state index in [9.17, 15) is 27.1 Å². The lowest BCUT2D eigenvalue weighted by Gasteiger charge is -2.31. The van der Waals surface area contributed by atoms with Crippen LogP contribution in [0.15, 0.2) is 41.4 Å². The Morgan fingerprint density at radius 2 is 1.85 bits per heavy atom. The van der Waals surface area contributed by atoms with Crippen LogP contribution in [0.1, 0.15) is 40.9 Å². The summed E-state index contributed by atoms with van der Waals surface area (Å²) >= 11 is 0.900. The minimum atomic E-state index is -3.74. The smallest absolute Gasteiger partial charge is 0.244 e. The van der Waals surface area contributed by atoms with E-state index in [1.165, 1.54) is 16.6 Å². The van der Waals surface area contributed by atoms with Crippen molar-refractivity contribution >= 4 is 43.9 Å². The molecule has 0 spiro atoms. The number of aliphatic hydroxyl groups is 1. The first-order chi connectivity index (χ1) is 18.7. The maximum Gasteiger partial charge on any atom is 0.244 e. The average Bonchev–Trinajstić information content (AvgIpc) is 3.55. The molecule has 5 rings (SSSR count). The van der Waals surface area contributed by atoms with E-state index in [1.54, 1.807) is 12.1 Å². The Balaban J connectivity index is 1.21. The van der Waals surface area contributed by atoms with E-state index in [-0.39, 0.29) is 47.4 Å². The standard InChI is InChI=1S/C25H28F2N6O4S2/c26-18-4-1-5-19(27)21(18)22(35)23-24(28)31-25(38-23)30-15-8-11-32(12-9-15)39(36,37)17-6-7-20(29-13-17)33-10-2-3-16(33)14-34/h1,4-7,13,15-16,34H,2-3,8-12,14,28H2,(H,30,31). The number of thiazole rings is 1. The maximum absolute atomic E-state index is 14.1. The number of piperidine rings is 1. The van der Waals surface area contributed by atoms with Crippen LogP contribution in [0.4, 0.5) is 25.5 Å². The number of rotatable bonds is 8. The molecule has 14 heteroatoms. The molecule has 208 valence electrons. The molecule has 2 aromatic heterocycles. The van der Waals surface area contributed by atoms with Gasteiger partial charge in [-0.15, -0.1) is 0 Å². The first kappa shape index (κ1) is 27.4. The first-order valence-corrected chi connectivity index (χ1v) is 14.8. The predicted molar refractivity (Wildman–Crippen MR) is 143 cm³/mol.